The number of carbonyl (C=O) groups excluding carboxylic acids is 1. The monoisotopic (exact) mass is 217 g/mol. The van der Waals surface area contributed by atoms with Gasteiger partial charge in [-0.25, -0.2) is 4.79 Å². The van der Waals surface area contributed by atoms with E-state index >= 15 is 0 Å². The maximum atomic E-state index is 12.0. The van der Waals surface area contributed by atoms with E-state index in [4.69, 9.17) is 4.74 Å². The molecule has 2 saturated heterocycles. The van der Waals surface area contributed by atoms with Gasteiger partial charge in [0.2, 0.25) is 0 Å². The van der Waals surface area contributed by atoms with Crippen LogP contribution in [0.15, 0.2) is 30.3 Å². The summed E-state index contributed by atoms with van der Waals surface area (Å²) in [4.78, 5) is 13.9. The normalized spacial score (nSPS) is 27.1. The number of hydrogen-bond acceptors (Lipinski definition) is 2. The van der Waals surface area contributed by atoms with Gasteiger partial charge >= 0.3 is 6.09 Å². The third kappa shape index (κ3) is 1.56. The molecule has 0 N–H and O–H groups in total. The highest BCUT2D eigenvalue weighted by Gasteiger charge is 2.43. The van der Waals surface area contributed by atoms with E-state index in [2.05, 4.69) is 0 Å². The van der Waals surface area contributed by atoms with E-state index < -0.39 is 0 Å². The molecule has 3 rings (SSSR count). The molecule has 0 atom stereocenters. The lowest BCUT2D eigenvalue weighted by molar-refractivity contribution is 0.146. The van der Waals surface area contributed by atoms with Gasteiger partial charge in [-0.05, 0) is 37.8 Å². The molecule has 2 bridgehead atoms. The topological polar surface area (TPSA) is 29.5 Å². The summed E-state index contributed by atoms with van der Waals surface area (Å²) in [5.41, 5.74) is 0. The van der Waals surface area contributed by atoms with Crippen LogP contribution in [-0.4, -0.2) is 23.1 Å². The van der Waals surface area contributed by atoms with Crippen molar-refractivity contribution in [1.82, 2.24) is 4.90 Å². The van der Waals surface area contributed by atoms with Gasteiger partial charge in [-0.3, -0.25) is 0 Å². The van der Waals surface area contributed by atoms with Crippen LogP contribution < -0.4 is 4.74 Å². The Morgan fingerprint density at radius 3 is 2.19 bits per heavy atom. The quantitative estimate of drug-likeness (QED) is 0.724. The minimum absolute atomic E-state index is 0.170. The predicted molar refractivity (Wildman–Crippen MR) is 60.3 cm³/mol. The number of benzene rings is 1. The van der Waals surface area contributed by atoms with E-state index in [1.54, 1.807) is 0 Å². The Bertz CT molecular complexity index is 370. The largest absolute Gasteiger partial charge is 0.415 e. The van der Waals surface area contributed by atoms with Crippen LogP contribution in [0.2, 0.25) is 0 Å². The zero-order valence-electron chi connectivity index (χ0n) is 9.13. The van der Waals surface area contributed by atoms with Gasteiger partial charge in [-0.2, -0.15) is 0 Å². The summed E-state index contributed by atoms with van der Waals surface area (Å²) in [6.45, 7) is 0. The SMILES string of the molecule is O=C(Oc1ccccc1)N1C2CCC1CC2. The average molecular weight is 217 g/mol. The number of para-hydroxylation sites is 1. The van der Waals surface area contributed by atoms with E-state index in [1.165, 1.54) is 0 Å². The molecule has 0 saturated carbocycles. The van der Waals surface area contributed by atoms with E-state index in [0.29, 0.717) is 17.8 Å². The Hall–Kier alpha value is -1.51. The van der Waals surface area contributed by atoms with Crippen molar-refractivity contribution in [1.29, 1.82) is 0 Å². The van der Waals surface area contributed by atoms with E-state index in [1.807, 2.05) is 35.2 Å². The summed E-state index contributed by atoms with van der Waals surface area (Å²) in [7, 11) is 0. The van der Waals surface area contributed by atoms with Crippen LogP contribution in [0.25, 0.3) is 0 Å². The predicted octanol–water partition coefficient (Wildman–Crippen LogP) is 2.81. The van der Waals surface area contributed by atoms with Crippen LogP contribution in [0, 0.1) is 0 Å². The Balaban J connectivity index is 1.70. The average Bonchev–Trinajstić information content (AvgIpc) is 2.89. The van der Waals surface area contributed by atoms with Crippen LogP contribution in [0.4, 0.5) is 4.79 Å². The first-order chi connectivity index (χ1) is 7.84. The van der Waals surface area contributed by atoms with Crippen molar-refractivity contribution in [2.75, 3.05) is 0 Å². The second-order valence-corrected chi connectivity index (χ2v) is 4.55. The molecule has 0 aromatic heterocycles. The molecule has 0 radical (unpaired) electrons. The van der Waals surface area contributed by atoms with Crippen LogP contribution in [0.5, 0.6) is 5.75 Å². The highest BCUT2D eigenvalue weighted by atomic mass is 16.6. The van der Waals surface area contributed by atoms with Crippen LogP contribution in [0.1, 0.15) is 25.7 Å². The van der Waals surface area contributed by atoms with E-state index in [0.717, 1.165) is 25.7 Å². The molecule has 1 amide bonds. The summed E-state index contributed by atoms with van der Waals surface area (Å²) in [6.07, 6.45) is 4.42. The first-order valence-electron chi connectivity index (χ1n) is 5.90. The van der Waals surface area contributed by atoms with Crippen LogP contribution in [-0.2, 0) is 0 Å². The van der Waals surface area contributed by atoms with Gasteiger partial charge in [-0.1, -0.05) is 18.2 Å². The van der Waals surface area contributed by atoms with Gasteiger partial charge < -0.3 is 9.64 Å². The third-order valence-corrected chi connectivity index (χ3v) is 3.61. The lowest BCUT2D eigenvalue weighted by atomic mass is 10.0. The smallest absolute Gasteiger partial charge is 0.410 e. The van der Waals surface area contributed by atoms with Crippen molar-refractivity contribution < 1.29 is 9.53 Å². The fourth-order valence-electron chi connectivity index (χ4n) is 2.85. The Morgan fingerprint density at radius 1 is 1.06 bits per heavy atom. The second kappa shape index (κ2) is 3.81. The zero-order valence-corrected chi connectivity index (χ0v) is 9.13. The molecule has 2 heterocycles. The third-order valence-electron chi connectivity index (χ3n) is 3.61. The number of nitrogens with zero attached hydrogens (tertiary/aromatic N) is 1. The molecule has 3 heteroatoms. The maximum absolute atomic E-state index is 12.0. The van der Waals surface area contributed by atoms with E-state index in [9.17, 15) is 4.79 Å². The first-order valence-corrected chi connectivity index (χ1v) is 5.90. The molecule has 1 aromatic carbocycles. The highest BCUT2D eigenvalue weighted by Crippen LogP contribution is 2.37. The summed E-state index contributed by atoms with van der Waals surface area (Å²) in [6, 6.07) is 10.2. The standard InChI is InChI=1S/C13H15NO2/c15-13(16-12-4-2-1-3-5-12)14-10-6-7-11(14)9-8-10/h1-5,10-11H,6-9H2. The Kier molecular flexibility index (Phi) is 2.31. The minimum atomic E-state index is -0.170. The number of fused-ring (bicyclic) bond motifs is 2. The van der Waals surface area contributed by atoms with Gasteiger partial charge in [0.25, 0.3) is 0 Å². The minimum Gasteiger partial charge on any atom is -0.410 e. The van der Waals surface area contributed by atoms with Crippen molar-refractivity contribution in [3.63, 3.8) is 0 Å². The van der Waals surface area contributed by atoms with Gasteiger partial charge in [0.05, 0.1) is 0 Å². The van der Waals surface area contributed by atoms with Gasteiger partial charge in [-0.15, -0.1) is 0 Å². The highest BCUT2D eigenvalue weighted by molar-refractivity contribution is 5.72. The van der Waals surface area contributed by atoms with Crippen LogP contribution in [0.3, 0.4) is 0 Å². The molecule has 0 aliphatic carbocycles. The number of hydrogen-bond donors (Lipinski definition) is 0. The first kappa shape index (κ1) is 9.70. The number of amides is 1. The summed E-state index contributed by atoms with van der Waals surface area (Å²) in [5, 5.41) is 0. The molecule has 2 aliphatic heterocycles. The molecule has 16 heavy (non-hydrogen) atoms. The van der Waals surface area contributed by atoms with Crippen molar-refractivity contribution in [3.8, 4) is 5.75 Å². The lowest BCUT2D eigenvalue weighted by Crippen LogP contribution is -2.37. The van der Waals surface area contributed by atoms with Gasteiger partial charge in [0.1, 0.15) is 5.75 Å². The lowest BCUT2D eigenvalue weighted by Gasteiger charge is -2.20. The molecular formula is C13H15NO2. The fraction of sp³-hybridized carbons (Fsp3) is 0.462. The number of ether oxygens (including phenoxy) is 1. The Labute approximate surface area is 95.0 Å². The van der Waals surface area contributed by atoms with E-state index in [-0.39, 0.29) is 6.09 Å². The van der Waals surface area contributed by atoms with Crippen molar-refractivity contribution in [2.24, 2.45) is 0 Å². The fourth-order valence-corrected chi connectivity index (χ4v) is 2.85. The molecule has 2 fully saturated rings. The van der Waals surface area contributed by atoms with Crippen LogP contribution >= 0.6 is 0 Å². The summed E-state index contributed by atoms with van der Waals surface area (Å²) >= 11 is 0. The summed E-state index contributed by atoms with van der Waals surface area (Å²) < 4.78 is 5.37. The molecule has 0 spiro atoms. The second-order valence-electron chi connectivity index (χ2n) is 4.55. The van der Waals surface area contributed by atoms with Gasteiger partial charge in [0, 0.05) is 12.1 Å². The number of carbonyl (C=O) groups is 1. The number of rotatable bonds is 1. The maximum Gasteiger partial charge on any atom is 0.415 e. The molecular weight excluding hydrogens is 202 g/mol. The molecule has 1 aromatic rings. The summed E-state index contributed by atoms with van der Waals surface area (Å²) in [5.74, 6) is 0.638. The Morgan fingerprint density at radius 2 is 1.62 bits per heavy atom. The van der Waals surface area contributed by atoms with Crippen molar-refractivity contribution in [2.45, 2.75) is 37.8 Å². The molecule has 84 valence electrons. The zero-order chi connectivity index (χ0) is 11.0. The van der Waals surface area contributed by atoms with Crippen molar-refractivity contribution in [3.05, 3.63) is 30.3 Å². The molecule has 3 nitrogen and oxygen atoms in total. The van der Waals surface area contributed by atoms with Gasteiger partial charge in [0.15, 0.2) is 0 Å². The molecule has 0 unspecified atom stereocenters. The molecule has 2 aliphatic rings. The van der Waals surface area contributed by atoms with Crippen molar-refractivity contribution >= 4 is 6.09 Å².